The van der Waals surface area contributed by atoms with Gasteiger partial charge in [-0.1, -0.05) is 0 Å². The van der Waals surface area contributed by atoms with Crippen molar-refractivity contribution in [3.8, 4) is 6.07 Å². The number of tetrazole rings is 1. The van der Waals surface area contributed by atoms with Gasteiger partial charge in [-0.05, 0) is 50.5 Å². The molecular formula is C16H17BF2N6O2. The van der Waals surface area contributed by atoms with E-state index in [0.29, 0.717) is 0 Å². The summed E-state index contributed by atoms with van der Waals surface area (Å²) in [4.78, 5) is 0. The van der Waals surface area contributed by atoms with Crippen LogP contribution in [0.2, 0.25) is 0 Å². The van der Waals surface area contributed by atoms with Gasteiger partial charge in [0.25, 0.3) is 0 Å². The third-order valence-corrected chi connectivity index (χ3v) is 4.66. The fourth-order valence-electron chi connectivity index (χ4n) is 2.41. The lowest BCUT2D eigenvalue weighted by Crippen LogP contribution is -2.41. The van der Waals surface area contributed by atoms with Crippen molar-refractivity contribution in [3.63, 3.8) is 0 Å². The molecule has 0 unspecified atom stereocenters. The van der Waals surface area contributed by atoms with Crippen LogP contribution < -0.4 is 10.8 Å². The van der Waals surface area contributed by atoms with E-state index in [1.54, 1.807) is 0 Å². The summed E-state index contributed by atoms with van der Waals surface area (Å²) in [6.45, 7) is 7.40. The van der Waals surface area contributed by atoms with E-state index >= 15 is 0 Å². The number of H-pyrrole nitrogens is 1. The molecule has 11 heteroatoms. The summed E-state index contributed by atoms with van der Waals surface area (Å²) in [5.74, 6) is -1.72. The summed E-state index contributed by atoms with van der Waals surface area (Å²) < 4.78 is 40.6. The third kappa shape index (κ3) is 3.54. The smallest absolute Gasteiger partial charge is 0.399 e. The number of allylic oxidation sites excluding steroid dienone is 1. The molecule has 2 aromatic rings. The molecule has 2 N–H and O–H groups in total. The second-order valence-corrected chi connectivity index (χ2v) is 7.00. The van der Waals surface area contributed by atoms with Gasteiger partial charge < -0.3 is 14.6 Å². The van der Waals surface area contributed by atoms with Crippen molar-refractivity contribution in [3.05, 3.63) is 35.8 Å². The number of hydrogen-bond donors (Lipinski definition) is 2. The van der Waals surface area contributed by atoms with Gasteiger partial charge in [0.1, 0.15) is 29.0 Å². The van der Waals surface area contributed by atoms with Gasteiger partial charge in [-0.25, -0.2) is 8.78 Å². The summed E-state index contributed by atoms with van der Waals surface area (Å²) in [5.41, 5.74) is -1.51. The maximum absolute atomic E-state index is 14.5. The van der Waals surface area contributed by atoms with Gasteiger partial charge in [0.05, 0.1) is 11.2 Å². The maximum Gasteiger partial charge on any atom is 0.495 e. The van der Waals surface area contributed by atoms with Crippen molar-refractivity contribution in [2.24, 2.45) is 0 Å². The molecule has 2 heterocycles. The molecule has 3 rings (SSSR count). The second-order valence-electron chi connectivity index (χ2n) is 7.00. The predicted octanol–water partition coefficient (Wildman–Crippen LogP) is 1.75. The van der Waals surface area contributed by atoms with Crippen molar-refractivity contribution in [1.82, 2.24) is 20.6 Å². The Labute approximate surface area is 154 Å². The van der Waals surface area contributed by atoms with E-state index in [1.807, 2.05) is 33.8 Å². The van der Waals surface area contributed by atoms with Crippen molar-refractivity contribution in [1.29, 1.82) is 5.26 Å². The molecule has 8 nitrogen and oxygen atoms in total. The first-order chi connectivity index (χ1) is 12.6. The van der Waals surface area contributed by atoms with Gasteiger partial charge in [0.15, 0.2) is 0 Å². The summed E-state index contributed by atoms with van der Waals surface area (Å²) in [6, 6.07) is 4.07. The van der Waals surface area contributed by atoms with Crippen LogP contribution in [0, 0.1) is 23.0 Å². The fourth-order valence-corrected chi connectivity index (χ4v) is 2.41. The Kier molecular flexibility index (Phi) is 4.71. The normalized spacial score (nSPS) is 18.4. The van der Waals surface area contributed by atoms with Crippen LogP contribution >= 0.6 is 0 Å². The van der Waals surface area contributed by atoms with E-state index in [4.69, 9.17) is 14.6 Å². The molecule has 1 fully saturated rings. The molecular weight excluding hydrogens is 357 g/mol. The standard InChI is InChI=1S/C16H17BF2N6O2/c1-15(2)16(3,4)27-17(26-15)10-5-11(18)13(12(19)6-10)21-8-9(7-20)14-22-24-25-23-14/h5-6,8,21H,1-4H3,(H,22,23,24,25). The van der Waals surface area contributed by atoms with Gasteiger partial charge in [0.2, 0.25) is 5.82 Å². The van der Waals surface area contributed by atoms with Crippen LogP contribution in [0.1, 0.15) is 33.5 Å². The van der Waals surface area contributed by atoms with E-state index in [2.05, 4.69) is 25.9 Å². The molecule has 1 aliphatic heterocycles. The van der Waals surface area contributed by atoms with Crippen molar-refractivity contribution >= 4 is 23.8 Å². The quantitative estimate of drug-likeness (QED) is 0.620. The SMILES string of the molecule is CC1(C)OB(c2cc(F)c(NC=C(C#N)c3nn[nH]n3)c(F)c2)OC1(C)C. The van der Waals surface area contributed by atoms with Crippen LogP contribution in [0.3, 0.4) is 0 Å². The number of aromatic nitrogens is 4. The van der Waals surface area contributed by atoms with E-state index in [1.165, 1.54) is 0 Å². The molecule has 27 heavy (non-hydrogen) atoms. The zero-order valence-corrected chi connectivity index (χ0v) is 15.2. The largest absolute Gasteiger partial charge is 0.495 e. The number of hydrogen-bond acceptors (Lipinski definition) is 7. The summed E-state index contributed by atoms with van der Waals surface area (Å²) in [6.07, 6.45) is 1.10. The van der Waals surface area contributed by atoms with Crippen LogP contribution in [0.15, 0.2) is 18.3 Å². The highest BCUT2D eigenvalue weighted by Gasteiger charge is 2.52. The monoisotopic (exact) mass is 374 g/mol. The lowest BCUT2D eigenvalue weighted by molar-refractivity contribution is 0.00578. The van der Waals surface area contributed by atoms with Gasteiger partial charge in [-0.15, -0.1) is 10.2 Å². The highest BCUT2D eigenvalue weighted by Crippen LogP contribution is 2.36. The molecule has 1 aliphatic rings. The topological polar surface area (TPSA) is 109 Å². The van der Waals surface area contributed by atoms with E-state index in [9.17, 15) is 8.78 Å². The summed E-state index contributed by atoms with van der Waals surface area (Å²) >= 11 is 0. The molecule has 0 spiro atoms. The molecule has 0 radical (unpaired) electrons. The average Bonchev–Trinajstić information content (AvgIpc) is 3.17. The minimum atomic E-state index is -0.891. The van der Waals surface area contributed by atoms with Crippen molar-refractivity contribution in [2.75, 3.05) is 5.32 Å². The van der Waals surface area contributed by atoms with Crippen LogP contribution in [-0.4, -0.2) is 38.9 Å². The van der Waals surface area contributed by atoms with Crippen LogP contribution in [0.4, 0.5) is 14.5 Å². The first-order valence-corrected chi connectivity index (χ1v) is 8.10. The van der Waals surface area contributed by atoms with Gasteiger partial charge >= 0.3 is 7.12 Å². The zero-order valence-electron chi connectivity index (χ0n) is 15.2. The highest BCUT2D eigenvalue weighted by molar-refractivity contribution is 6.62. The molecule has 0 bridgehead atoms. The summed E-state index contributed by atoms with van der Waals surface area (Å²) in [7, 11) is -0.891. The molecule has 0 saturated carbocycles. The number of rotatable bonds is 4. The number of nitrogens with zero attached hydrogens (tertiary/aromatic N) is 4. The number of aromatic amines is 1. The molecule has 0 amide bonds. The van der Waals surface area contributed by atoms with E-state index in [-0.39, 0.29) is 16.9 Å². The number of halogens is 2. The Hall–Kier alpha value is -2.84. The van der Waals surface area contributed by atoms with Crippen molar-refractivity contribution in [2.45, 2.75) is 38.9 Å². The Bertz CT molecular complexity index is 884. The van der Waals surface area contributed by atoms with Crippen LogP contribution in [0.5, 0.6) is 0 Å². The average molecular weight is 374 g/mol. The molecule has 140 valence electrons. The number of nitriles is 1. The molecule has 1 aromatic heterocycles. The second kappa shape index (κ2) is 6.72. The molecule has 1 saturated heterocycles. The number of benzene rings is 1. The third-order valence-electron chi connectivity index (χ3n) is 4.66. The first-order valence-electron chi connectivity index (χ1n) is 8.10. The maximum atomic E-state index is 14.5. The highest BCUT2D eigenvalue weighted by atomic mass is 19.1. The Morgan fingerprint density at radius 2 is 1.81 bits per heavy atom. The lowest BCUT2D eigenvalue weighted by Gasteiger charge is -2.32. The number of anilines is 1. The van der Waals surface area contributed by atoms with Gasteiger partial charge in [-0.2, -0.15) is 10.5 Å². The zero-order chi connectivity index (χ0) is 19.8. The number of nitrogens with one attached hydrogen (secondary N) is 2. The van der Waals surface area contributed by atoms with E-state index in [0.717, 1.165) is 18.3 Å². The van der Waals surface area contributed by atoms with Gasteiger partial charge in [0, 0.05) is 6.20 Å². The minimum absolute atomic E-state index is 0.000320. The fraction of sp³-hybridized carbons (Fsp3) is 0.375. The summed E-state index contributed by atoms with van der Waals surface area (Å²) in [5, 5.41) is 24.3. The Morgan fingerprint density at radius 1 is 1.22 bits per heavy atom. The Balaban J connectivity index is 1.85. The molecule has 1 aromatic carbocycles. The van der Waals surface area contributed by atoms with Crippen LogP contribution in [0.25, 0.3) is 5.57 Å². The van der Waals surface area contributed by atoms with Crippen molar-refractivity contribution < 1.29 is 18.1 Å². The molecule has 0 aliphatic carbocycles. The van der Waals surface area contributed by atoms with Crippen LogP contribution in [-0.2, 0) is 9.31 Å². The lowest BCUT2D eigenvalue weighted by atomic mass is 9.79. The van der Waals surface area contributed by atoms with Gasteiger partial charge in [-0.3, -0.25) is 0 Å². The molecule has 0 atom stereocenters. The minimum Gasteiger partial charge on any atom is -0.399 e. The van der Waals surface area contributed by atoms with E-state index < -0.39 is 35.6 Å². The Morgan fingerprint density at radius 3 is 2.30 bits per heavy atom. The predicted molar refractivity (Wildman–Crippen MR) is 93.5 cm³/mol. The first kappa shape index (κ1) is 18.9.